The molecule has 0 heterocycles. The fraction of sp³-hybridized carbons (Fsp3) is 1.00. The Balaban J connectivity index is 4.19. The lowest BCUT2D eigenvalue weighted by Crippen LogP contribution is -2.29. The SMILES string of the molecule is CCCCC(C)COCC(COCC(C)CCCC)OCC(C)CCCC. The summed E-state index contributed by atoms with van der Waals surface area (Å²) in [7, 11) is 0. The van der Waals surface area contributed by atoms with Gasteiger partial charge in [-0.3, -0.25) is 0 Å². The molecule has 0 spiro atoms. The van der Waals surface area contributed by atoms with Crippen LogP contribution in [0.4, 0.5) is 0 Å². The van der Waals surface area contributed by atoms with E-state index in [1.165, 1.54) is 57.8 Å². The summed E-state index contributed by atoms with van der Waals surface area (Å²) in [6.07, 6.45) is 11.4. The first-order valence-electron chi connectivity index (χ1n) is 11.8. The molecule has 0 saturated heterocycles. The minimum absolute atomic E-state index is 0.0610. The van der Waals surface area contributed by atoms with Crippen LogP contribution in [0.15, 0.2) is 0 Å². The van der Waals surface area contributed by atoms with Crippen molar-refractivity contribution < 1.29 is 14.2 Å². The summed E-state index contributed by atoms with van der Waals surface area (Å²) in [5, 5.41) is 0. The summed E-state index contributed by atoms with van der Waals surface area (Å²) in [5.74, 6) is 1.87. The average Bonchev–Trinajstić information content (AvgIpc) is 2.66. The van der Waals surface area contributed by atoms with Crippen LogP contribution in [-0.4, -0.2) is 39.1 Å². The third-order valence-corrected chi connectivity index (χ3v) is 5.18. The lowest BCUT2D eigenvalue weighted by Gasteiger charge is -2.22. The molecule has 0 aromatic heterocycles. The molecule has 0 fully saturated rings. The van der Waals surface area contributed by atoms with Gasteiger partial charge < -0.3 is 14.2 Å². The largest absolute Gasteiger partial charge is 0.378 e. The Morgan fingerprint density at radius 3 is 1.26 bits per heavy atom. The predicted molar refractivity (Wildman–Crippen MR) is 117 cm³/mol. The molecule has 27 heavy (non-hydrogen) atoms. The molecule has 0 bridgehead atoms. The van der Waals surface area contributed by atoms with Gasteiger partial charge in [-0.2, -0.15) is 0 Å². The first-order chi connectivity index (χ1) is 13.0. The molecule has 0 saturated carbocycles. The molecule has 0 radical (unpaired) electrons. The summed E-state index contributed by atoms with van der Waals surface area (Å²) in [5.41, 5.74) is 0. The van der Waals surface area contributed by atoms with Gasteiger partial charge in [-0.15, -0.1) is 0 Å². The van der Waals surface area contributed by atoms with Crippen molar-refractivity contribution in [1.29, 1.82) is 0 Å². The zero-order chi connectivity index (χ0) is 20.3. The van der Waals surface area contributed by atoms with E-state index in [0.29, 0.717) is 31.0 Å². The second-order valence-corrected chi connectivity index (χ2v) is 8.77. The fourth-order valence-corrected chi connectivity index (χ4v) is 3.15. The van der Waals surface area contributed by atoms with E-state index in [1.54, 1.807) is 0 Å². The molecular formula is C24H50O3. The minimum Gasteiger partial charge on any atom is -0.378 e. The van der Waals surface area contributed by atoms with E-state index in [2.05, 4.69) is 41.5 Å². The molecular weight excluding hydrogens is 336 g/mol. The standard InChI is InChI=1S/C24H50O3/c1-7-10-13-21(4)16-25-19-24(27-18-23(6)15-12-9-3)20-26-17-22(5)14-11-8-2/h21-24H,7-20H2,1-6H3. The summed E-state index contributed by atoms with van der Waals surface area (Å²) in [6.45, 7) is 17.4. The quantitative estimate of drug-likeness (QED) is 0.228. The Morgan fingerprint density at radius 1 is 0.519 bits per heavy atom. The summed E-state index contributed by atoms with van der Waals surface area (Å²) < 4.78 is 18.1. The Bertz CT molecular complexity index is 275. The van der Waals surface area contributed by atoms with E-state index >= 15 is 0 Å². The topological polar surface area (TPSA) is 27.7 Å². The van der Waals surface area contributed by atoms with Crippen LogP contribution in [0.5, 0.6) is 0 Å². The van der Waals surface area contributed by atoms with Crippen LogP contribution in [0, 0.1) is 17.8 Å². The van der Waals surface area contributed by atoms with Gasteiger partial charge in [0.2, 0.25) is 0 Å². The number of hydrogen-bond donors (Lipinski definition) is 0. The molecule has 3 heteroatoms. The number of rotatable bonds is 20. The highest BCUT2D eigenvalue weighted by Gasteiger charge is 2.14. The lowest BCUT2D eigenvalue weighted by molar-refractivity contribution is -0.0759. The van der Waals surface area contributed by atoms with E-state index < -0.39 is 0 Å². The van der Waals surface area contributed by atoms with Crippen LogP contribution in [0.25, 0.3) is 0 Å². The van der Waals surface area contributed by atoms with Gasteiger partial charge in [0.25, 0.3) is 0 Å². The predicted octanol–water partition coefficient (Wildman–Crippen LogP) is 6.88. The van der Waals surface area contributed by atoms with Crippen molar-refractivity contribution in [3.63, 3.8) is 0 Å². The van der Waals surface area contributed by atoms with E-state index in [4.69, 9.17) is 14.2 Å². The molecule has 3 unspecified atom stereocenters. The van der Waals surface area contributed by atoms with E-state index in [0.717, 1.165) is 19.8 Å². The molecule has 0 aliphatic heterocycles. The number of ether oxygens (including phenoxy) is 3. The molecule has 0 aromatic rings. The summed E-state index contributed by atoms with van der Waals surface area (Å²) in [4.78, 5) is 0. The van der Waals surface area contributed by atoms with Gasteiger partial charge in [0.1, 0.15) is 6.10 Å². The molecule has 0 aliphatic carbocycles. The van der Waals surface area contributed by atoms with Gasteiger partial charge in [0, 0.05) is 19.8 Å². The first kappa shape index (κ1) is 26.9. The van der Waals surface area contributed by atoms with Crippen molar-refractivity contribution in [2.24, 2.45) is 17.8 Å². The Kier molecular flexibility index (Phi) is 19.1. The second-order valence-electron chi connectivity index (χ2n) is 8.77. The first-order valence-corrected chi connectivity index (χ1v) is 11.8. The highest BCUT2D eigenvalue weighted by molar-refractivity contribution is 4.61. The molecule has 3 nitrogen and oxygen atoms in total. The summed E-state index contributed by atoms with van der Waals surface area (Å²) in [6, 6.07) is 0. The van der Waals surface area contributed by atoms with Gasteiger partial charge in [-0.05, 0) is 37.0 Å². The van der Waals surface area contributed by atoms with E-state index in [9.17, 15) is 0 Å². The average molecular weight is 387 g/mol. The van der Waals surface area contributed by atoms with Crippen molar-refractivity contribution in [3.05, 3.63) is 0 Å². The second kappa shape index (κ2) is 19.2. The molecule has 3 atom stereocenters. The maximum Gasteiger partial charge on any atom is 0.104 e. The van der Waals surface area contributed by atoms with E-state index in [1.807, 2.05) is 0 Å². The maximum atomic E-state index is 6.18. The van der Waals surface area contributed by atoms with Crippen LogP contribution >= 0.6 is 0 Å². The zero-order valence-electron chi connectivity index (χ0n) is 19.4. The monoisotopic (exact) mass is 386 g/mol. The third-order valence-electron chi connectivity index (χ3n) is 5.18. The van der Waals surface area contributed by atoms with Crippen molar-refractivity contribution in [2.45, 2.75) is 105 Å². The molecule has 0 N–H and O–H groups in total. The van der Waals surface area contributed by atoms with Crippen molar-refractivity contribution in [3.8, 4) is 0 Å². The fourth-order valence-electron chi connectivity index (χ4n) is 3.15. The van der Waals surface area contributed by atoms with Crippen molar-refractivity contribution in [1.82, 2.24) is 0 Å². The smallest absolute Gasteiger partial charge is 0.104 e. The Morgan fingerprint density at radius 2 is 0.889 bits per heavy atom. The molecule has 164 valence electrons. The van der Waals surface area contributed by atoms with Crippen LogP contribution in [-0.2, 0) is 14.2 Å². The molecule has 0 aromatic carbocycles. The van der Waals surface area contributed by atoms with Gasteiger partial charge in [-0.25, -0.2) is 0 Å². The maximum absolute atomic E-state index is 6.18. The van der Waals surface area contributed by atoms with Crippen molar-refractivity contribution >= 4 is 0 Å². The Labute approximate surface area is 170 Å². The number of hydrogen-bond acceptors (Lipinski definition) is 3. The van der Waals surface area contributed by atoms with Crippen LogP contribution in [0.2, 0.25) is 0 Å². The number of unbranched alkanes of at least 4 members (excludes halogenated alkanes) is 3. The highest BCUT2D eigenvalue weighted by atomic mass is 16.6. The third kappa shape index (κ3) is 17.7. The van der Waals surface area contributed by atoms with Gasteiger partial charge in [0.15, 0.2) is 0 Å². The van der Waals surface area contributed by atoms with Gasteiger partial charge in [0.05, 0.1) is 13.2 Å². The highest BCUT2D eigenvalue weighted by Crippen LogP contribution is 2.12. The summed E-state index contributed by atoms with van der Waals surface area (Å²) >= 11 is 0. The van der Waals surface area contributed by atoms with Crippen LogP contribution in [0.1, 0.15) is 99.3 Å². The Hall–Kier alpha value is -0.120. The minimum atomic E-state index is 0.0610. The molecule has 0 amide bonds. The zero-order valence-corrected chi connectivity index (χ0v) is 19.4. The van der Waals surface area contributed by atoms with Crippen molar-refractivity contribution in [2.75, 3.05) is 33.0 Å². The molecule has 0 rings (SSSR count). The molecule has 0 aliphatic rings. The van der Waals surface area contributed by atoms with Crippen LogP contribution in [0.3, 0.4) is 0 Å². The van der Waals surface area contributed by atoms with E-state index in [-0.39, 0.29) is 6.10 Å². The van der Waals surface area contributed by atoms with Gasteiger partial charge >= 0.3 is 0 Å². The van der Waals surface area contributed by atoms with Crippen LogP contribution < -0.4 is 0 Å². The van der Waals surface area contributed by atoms with Gasteiger partial charge in [-0.1, -0.05) is 80.1 Å². The lowest BCUT2D eigenvalue weighted by atomic mass is 10.1. The normalized spacial score (nSPS) is 16.2.